The van der Waals surface area contributed by atoms with E-state index < -0.39 is 0 Å². The summed E-state index contributed by atoms with van der Waals surface area (Å²) in [4.78, 5) is 5.56. The van der Waals surface area contributed by atoms with E-state index in [0.717, 1.165) is 22.8 Å². The fraction of sp³-hybridized carbons (Fsp3) is 0.267. The molecule has 0 saturated carbocycles. The van der Waals surface area contributed by atoms with Gasteiger partial charge in [-0.3, -0.25) is 4.40 Å². The zero-order valence-electron chi connectivity index (χ0n) is 11.5. The molecule has 0 aliphatic rings. The molecule has 6 heteroatoms. The molecule has 0 bridgehead atoms. The van der Waals surface area contributed by atoms with E-state index in [9.17, 15) is 4.39 Å². The maximum absolute atomic E-state index is 13.7. The molecule has 21 heavy (non-hydrogen) atoms. The normalized spacial score (nSPS) is 12.9. The molecule has 0 aliphatic heterocycles. The standard InChI is InChI=1S/C15H15ClFN3S/c1-2-18-14(10-3-4-12(16)13(17)7-10)8-11-9-20-5-6-21-15(20)19-11/h3-7,9,14,18H,2,8H2,1H3. The molecule has 2 heterocycles. The van der Waals surface area contributed by atoms with Crippen LogP contribution in [0.1, 0.15) is 24.2 Å². The zero-order valence-corrected chi connectivity index (χ0v) is 13.1. The molecule has 0 spiro atoms. The van der Waals surface area contributed by atoms with Gasteiger partial charge in [-0.1, -0.05) is 24.6 Å². The van der Waals surface area contributed by atoms with Crippen molar-refractivity contribution in [2.24, 2.45) is 0 Å². The van der Waals surface area contributed by atoms with Gasteiger partial charge in [-0.05, 0) is 24.2 Å². The van der Waals surface area contributed by atoms with Gasteiger partial charge in [0.2, 0.25) is 0 Å². The smallest absolute Gasteiger partial charge is 0.193 e. The van der Waals surface area contributed by atoms with Crippen LogP contribution < -0.4 is 5.32 Å². The van der Waals surface area contributed by atoms with Crippen LogP contribution >= 0.6 is 22.9 Å². The summed E-state index contributed by atoms with van der Waals surface area (Å²) >= 11 is 7.35. The van der Waals surface area contributed by atoms with Gasteiger partial charge in [0.25, 0.3) is 0 Å². The van der Waals surface area contributed by atoms with E-state index >= 15 is 0 Å². The molecule has 1 unspecified atom stereocenters. The van der Waals surface area contributed by atoms with Crippen LogP contribution in [0, 0.1) is 5.82 Å². The zero-order chi connectivity index (χ0) is 14.8. The lowest BCUT2D eigenvalue weighted by Crippen LogP contribution is -2.23. The van der Waals surface area contributed by atoms with Gasteiger partial charge >= 0.3 is 0 Å². The number of thiazole rings is 1. The predicted molar refractivity (Wildman–Crippen MR) is 84.6 cm³/mol. The molecule has 2 aromatic heterocycles. The minimum atomic E-state index is -0.386. The van der Waals surface area contributed by atoms with Crippen molar-refractivity contribution in [2.45, 2.75) is 19.4 Å². The Kier molecular flexibility index (Phi) is 4.24. The van der Waals surface area contributed by atoms with Gasteiger partial charge in [0.05, 0.1) is 10.7 Å². The van der Waals surface area contributed by atoms with Crippen molar-refractivity contribution in [1.82, 2.24) is 14.7 Å². The minimum absolute atomic E-state index is 0.0198. The second-order valence-corrected chi connectivity index (χ2v) is 6.09. The first kappa shape index (κ1) is 14.5. The first-order valence-corrected chi connectivity index (χ1v) is 8.02. The van der Waals surface area contributed by atoms with E-state index in [1.165, 1.54) is 6.07 Å². The number of fused-ring (bicyclic) bond motifs is 1. The van der Waals surface area contributed by atoms with Crippen LogP contribution in [0.4, 0.5) is 4.39 Å². The van der Waals surface area contributed by atoms with Crippen LogP contribution in [-0.2, 0) is 6.42 Å². The van der Waals surface area contributed by atoms with E-state index in [4.69, 9.17) is 11.6 Å². The summed E-state index contributed by atoms with van der Waals surface area (Å²) in [5.74, 6) is -0.386. The van der Waals surface area contributed by atoms with Crippen molar-refractivity contribution < 1.29 is 4.39 Å². The van der Waals surface area contributed by atoms with Crippen molar-refractivity contribution in [2.75, 3.05) is 6.54 Å². The lowest BCUT2D eigenvalue weighted by Gasteiger charge is -2.17. The number of benzene rings is 1. The minimum Gasteiger partial charge on any atom is -0.310 e. The Morgan fingerprint density at radius 3 is 3.05 bits per heavy atom. The Labute approximate surface area is 131 Å². The van der Waals surface area contributed by atoms with Gasteiger partial charge in [0, 0.05) is 30.2 Å². The number of aromatic nitrogens is 2. The number of likely N-dealkylation sites (N-methyl/N-ethyl adjacent to an activating group) is 1. The van der Waals surface area contributed by atoms with Crippen LogP contribution in [0.25, 0.3) is 4.96 Å². The Balaban J connectivity index is 1.86. The first-order valence-electron chi connectivity index (χ1n) is 6.76. The SMILES string of the molecule is CCNC(Cc1cn2ccsc2n1)c1ccc(Cl)c(F)c1. The summed E-state index contributed by atoms with van der Waals surface area (Å²) in [5.41, 5.74) is 1.87. The molecule has 0 amide bonds. The monoisotopic (exact) mass is 323 g/mol. The predicted octanol–water partition coefficient (Wildman–Crippen LogP) is 4.08. The Morgan fingerprint density at radius 2 is 2.33 bits per heavy atom. The van der Waals surface area contributed by atoms with E-state index in [-0.39, 0.29) is 16.9 Å². The lowest BCUT2D eigenvalue weighted by molar-refractivity contribution is 0.538. The first-order chi connectivity index (χ1) is 10.2. The largest absolute Gasteiger partial charge is 0.310 e. The number of rotatable bonds is 5. The van der Waals surface area contributed by atoms with Crippen LogP contribution in [0.2, 0.25) is 5.02 Å². The number of imidazole rings is 1. The number of nitrogens with one attached hydrogen (secondary N) is 1. The molecule has 0 radical (unpaired) electrons. The lowest BCUT2D eigenvalue weighted by atomic mass is 10.0. The Hall–Kier alpha value is -1.43. The summed E-state index contributed by atoms with van der Waals surface area (Å²) in [6, 6.07) is 4.97. The molecule has 110 valence electrons. The second kappa shape index (κ2) is 6.13. The van der Waals surface area contributed by atoms with Crippen molar-refractivity contribution in [3.05, 3.63) is 58.1 Å². The van der Waals surface area contributed by atoms with Crippen LogP contribution in [-0.4, -0.2) is 15.9 Å². The number of nitrogens with zero attached hydrogens (tertiary/aromatic N) is 2. The number of hydrogen-bond acceptors (Lipinski definition) is 3. The highest BCUT2D eigenvalue weighted by Gasteiger charge is 2.15. The molecule has 3 aromatic rings. The quantitative estimate of drug-likeness (QED) is 0.766. The third kappa shape index (κ3) is 3.10. The van der Waals surface area contributed by atoms with Gasteiger partial charge in [-0.15, -0.1) is 11.3 Å². The molecule has 0 saturated heterocycles. The molecule has 1 atom stereocenters. The average molecular weight is 324 g/mol. The van der Waals surface area contributed by atoms with E-state index in [0.29, 0.717) is 6.42 Å². The van der Waals surface area contributed by atoms with Crippen LogP contribution in [0.3, 0.4) is 0 Å². The molecule has 0 aliphatic carbocycles. The topological polar surface area (TPSA) is 29.3 Å². The van der Waals surface area contributed by atoms with Crippen LogP contribution in [0.5, 0.6) is 0 Å². The van der Waals surface area contributed by atoms with Gasteiger partial charge in [-0.25, -0.2) is 9.37 Å². The highest BCUT2D eigenvalue weighted by Crippen LogP contribution is 2.23. The molecule has 3 nitrogen and oxygen atoms in total. The van der Waals surface area contributed by atoms with Crippen molar-refractivity contribution >= 4 is 27.9 Å². The fourth-order valence-corrected chi connectivity index (χ4v) is 3.20. The summed E-state index contributed by atoms with van der Waals surface area (Å²) in [6.07, 6.45) is 4.71. The molecule has 0 fully saturated rings. The second-order valence-electron chi connectivity index (χ2n) is 4.81. The van der Waals surface area contributed by atoms with Crippen molar-refractivity contribution in [1.29, 1.82) is 0 Å². The van der Waals surface area contributed by atoms with E-state index in [1.54, 1.807) is 17.4 Å². The Morgan fingerprint density at radius 1 is 1.48 bits per heavy atom. The van der Waals surface area contributed by atoms with Gasteiger partial charge in [-0.2, -0.15) is 0 Å². The number of hydrogen-bond donors (Lipinski definition) is 1. The summed E-state index contributed by atoms with van der Waals surface area (Å²) < 4.78 is 15.7. The van der Waals surface area contributed by atoms with Gasteiger partial charge in [0.15, 0.2) is 4.96 Å². The molecule has 3 rings (SSSR count). The third-order valence-corrected chi connectivity index (χ3v) is 4.43. The highest BCUT2D eigenvalue weighted by atomic mass is 35.5. The molecular weight excluding hydrogens is 309 g/mol. The Bertz CT molecular complexity index is 724. The molecular formula is C15H15ClFN3S. The summed E-state index contributed by atoms with van der Waals surface area (Å²) in [6.45, 7) is 2.84. The highest BCUT2D eigenvalue weighted by molar-refractivity contribution is 7.15. The average Bonchev–Trinajstić information content (AvgIpc) is 3.02. The number of halogens is 2. The van der Waals surface area contributed by atoms with Crippen molar-refractivity contribution in [3.8, 4) is 0 Å². The molecule has 1 aromatic carbocycles. The van der Waals surface area contributed by atoms with Crippen LogP contribution in [0.15, 0.2) is 36.0 Å². The van der Waals surface area contributed by atoms with E-state index in [2.05, 4.69) is 10.3 Å². The molecule has 1 N–H and O–H groups in total. The van der Waals surface area contributed by atoms with Crippen molar-refractivity contribution in [3.63, 3.8) is 0 Å². The van der Waals surface area contributed by atoms with Gasteiger partial charge < -0.3 is 5.32 Å². The third-order valence-electron chi connectivity index (χ3n) is 3.35. The fourth-order valence-electron chi connectivity index (χ4n) is 2.37. The maximum Gasteiger partial charge on any atom is 0.193 e. The summed E-state index contributed by atoms with van der Waals surface area (Å²) in [5, 5.41) is 5.53. The van der Waals surface area contributed by atoms with E-state index in [1.807, 2.05) is 35.2 Å². The van der Waals surface area contributed by atoms with Gasteiger partial charge in [0.1, 0.15) is 5.82 Å². The summed E-state index contributed by atoms with van der Waals surface area (Å²) in [7, 11) is 0. The maximum atomic E-state index is 13.7.